The topological polar surface area (TPSA) is 34.0 Å². The lowest BCUT2D eigenvalue weighted by Crippen LogP contribution is -2.23. The Bertz CT molecular complexity index is 559. The van der Waals surface area contributed by atoms with E-state index in [0.717, 1.165) is 17.4 Å². The predicted octanol–water partition coefficient (Wildman–Crippen LogP) is 2.04. The van der Waals surface area contributed by atoms with Crippen LogP contribution in [0.3, 0.4) is 0 Å². The molecule has 2 aromatic rings. The molecule has 0 unspecified atom stereocenters. The van der Waals surface area contributed by atoms with Crippen LogP contribution in [0, 0.1) is 0 Å². The highest BCUT2D eigenvalue weighted by Crippen LogP contribution is 2.26. The molecule has 3 rings (SSSR count). The average Bonchev–Trinajstić information content (AvgIpc) is 2.52. The van der Waals surface area contributed by atoms with E-state index in [0.29, 0.717) is 17.1 Å². The van der Waals surface area contributed by atoms with E-state index in [9.17, 15) is 4.79 Å². The molecule has 0 atom stereocenters. The number of halogens is 1. The summed E-state index contributed by atoms with van der Waals surface area (Å²) in [7, 11) is 0. The number of carbonyl (C=O) groups is 1. The van der Waals surface area contributed by atoms with Crippen LogP contribution in [0.4, 0.5) is 0 Å². The number of aromatic nitrogens is 1. The fourth-order valence-electron chi connectivity index (χ4n) is 2.06. The summed E-state index contributed by atoms with van der Waals surface area (Å²) >= 11 is 5.97. The van der Waals surface area contributed by atoms with E-state index in [-0.39, 0.29) is 5.91 Å². The molecule has 1 aromatic heterocycles. The van der Waals surface area contributed by atoms with Gasteiger partial charge in [0.2, 0.25) is 0 Å². The number of carbonyl (C=O) groups excluding carboxylic acids is 1. The maximum absolute atomic E-state index is 11.8. The first kappa shape index (κ1) is 8.80. The molecule has 1 N–H and O–H groups in total. The first-order valence-electron chi connectivity index (χ1n) is 4.82. The number of amides is 1. The van der Waals surface area contributed by atoms with Crippen molar-refractivity contribution in [2.24, 2.45) is 0 Å². The van der Waals surface area contributed by atoms with Crippen LogP contribution in [-0.4, -0.2) is 17.0 Å². The standard InChI is InChI=1S/C11H9ClN2O/c12-8-5-7-1-3-14-4-2-13-11(15)9(6-8)10(7)14/h1,3,5-6H,2,4H2,(H,13,15). The first-order chi connectivity index (χ1) is 7.25. The maximum Gasteiger partial charge on any atom is 0.253 e. The monoisotopic (exact) mass is 220 g/mol. The molecule has 0 spiro atoms. The highest BCUT2D eigenvalue weighted by atomic mass is 35.5. The summed E-state index contributed by atoms with van der Waals surface area (Å²) in [6.07, 6.45) is 1.99. The summed E-state index contributed by atoms with van der Waals surface area (Å²) in [5.74, 6) is -0.0417. The van der Waals surface area contributed by atoms with Gasteiger partial charge in [-0.15, -0.1) is 0 Å². The lowest BCUT2D eigenvalue weighted by Gasteiger charge is -2.02. The first-order valence-corrected chi connectivity index (χ1v) is 5.20. The molecule has 76 valence electrons. The summed E-state index contributed by atoms with van der Waals surface area (Å²) in [6.45, 7) is 1.47. The van der Waals surface area contributed by atoms with Crippen molar-refractivity contribution in [2.45, 2.75) is 6.54 Å². The SMILES string of the molecule is O=C1NCCn2ccc3cc(Cl)cc1c32. The fraction of sp³-hybridized carbons (Fsp3) is 0.182. The van der Waals surface area contributed by atoms with Gasteiger partial charge in [0.1, 0.15) is 0 Å². The van der Waals surface area contributed by atoms with Crippen LogP contribution in [-0.2, 0) is 6.54 Å². The van der Waals surface area contributed by atoms with Crippen LogP contribution in [0.5, 0.6) is 0 Å². The molecule has 4 heteroatoms. The van der Waals surface area contributed by atoms with Gasteiger partial charge in [-0.3, -0.25) is 4.79 Å². The molecule has 0 saturated carbocycles. The summed E-state index contributed by atoms with van der Waals surface area (Å²) in [6, 6.07) is 5.60. The zero-order chi connectivity index (χ0) is 10.4. The Morgan fingerprint density at radius 3 is 3.13 bits per heavy atom. The fourth-order valence-corrected chi connectivity index (χ4v) is 2.28. The number of hydrogen-bond donors (Lipinski definition) is 1. The molecule has 1 aliphatic rings. The van der Waals surface area contributed by atoms with Crippen molar-refractivity contribution in [3.8, 4) is 0 Å². The van der Waals surface area contributed by atoms with Gasteiger partial charge in [-0.05, 0) is 18.2 Å². The van der Waals surface area contributed by atoms with Gasteiger partial charge in [0.05, 0.1) is 11.1 Å². The van der Waals surface area contributed by atoms with E-state index in [1.54, 1.807) is 6.07 Å². The third-order valence-electron chi connectivity index (χ3n) is 2.71. The van der Waals surface area contributed by atoms with Crippen molar-refractivity contribution < 1.29 is 4.79 Å². The number of nitrogens with zero attached hydrogens (tertiary/aromatic N) is 1. The average molecular weight is 221 g/mol. The number of benzene rings is 1. The largest absolute Gasteiger partial charge is 0.350 e. The van der Waals surface area contributed by atoms with Crippen LogP contribution < -0.4 is 5.32 Å². The number of nitrogens with one attached hydrogen (secondary N) is 1. The van der Waals surface area contributed by atoms with Crippen molar-refractivity contribution in [2.75, 3.05) is 6.54 Å². The second kappa shape index (κ2) is 3.00. The van der Waals surface area contributed by atoms with E-state index in [1.165, 1.54) is 0 Å². The Balaban J connectivity index is 2.44. The summed E-state index contributed by atoms with van der Waals surface area (Å²) in [5.41, 5.74) is 1.65. The van der Waals surface area contributed by atoms with Gasteiger partial charge in [-0.25, -0.2) is 0 Å². The van der Waals surface area contributed by atoms with Gasteiger partial charge in [-0.2, -0.15) is 0 Å². The molecule has 1 aliphatic heterocycles. The smallest absolute Gasteiger partial charge is 0.253 e. The van der Waals surface area contributed by atoms with E-state index >= 15 is 0 Å². The van der Waals surface area contributed by atoms with Gasteiger partial charge in [0.25, 0.3) is 5.91 Å². The van der Waals surface area contributed by atoms with E-state index in [2.05, 4.69) is 9.88 Å². The molecule has 1 aromatic carbocycles. The predicted molar refractivity (Wildman–Crippen MR) is 59.3 cm³/mol. The summed E-state index contributed by atoms with van der Waals surface area (Å²) in [5, 5.41) is 4.47. The number of rotatable bonds is 0. The Labute approximate surface area is 91.6 Å². The van der Waals surface area contributed by atoms with Crippen molar-refractivity contribution in [1.82, 2.24) is 9.88 Å². The molecular weight excluding hydrogens is 212 g/mol. The van der Waals surface area contributed by atoms with Gasteiger partial charge in [0.15, 0.2) is 0 Å². The van der Waals surface area contributed by atoms with Gasteiger partial charge >= 0.3 is 0 Å². The van der Waals surface area contributed by atoms with Crippen molar-refractivity contribution in [1.29, 1.82) is 0 Å². The minimum Gasteiger partial charge on any atom is -0.350 e. The minimum atomic E-state index is -0.0417. The highest BCUT2D eigenvalue weighted by molar-refractivity contribution is 6.32. The number of hydrogen-bond acceptors (Lipinski definition) is 1. The Morgan fingerprint density at radius 1 is 1.40 bits per heavy atom. The highest BCUT2D eigenvalue weighted by Gasteiger charge is 2.17. The lowest BCUT2D eigenvalue weighted by atomic mass is 10.1. The van der Waals surface area contributed by atoms with Crippen LogP contribution in [0.25, 0.3) is 10.9 Å². The molecule has 15 heavy (non-hydrogen) atoms. The third-order valence-corrected chi connectivity index (χ3v) is 2.93. The van der Waals surface area contributed by atoms with Crippen LogP contribution >= 0.6 is 11.6 Å². The lowest BCUT2D eigenvalue weighted by molar-refractivity contribution is 0.0956. The van der Waals surface area contributed by atoms with Crippen molar-refractivity contribution in [3.63, 3.8) is 0 Å². The molecule has 1 amide bonds. The van der Waals surface area contributed by atoms with Gasteiger partial charge < -0.3 is 9.88 Å². The zero-order valence-electron chi connectivity index (χ0n) is 7.96. The molecule has 0 fully saturated rings. The zero-order valence-corrected chi connectivity index (χ0v) is 8.71. The minimum absolute atomic E-state index is 0.0417. The van der Waals surface area contributed by atoms with Crippen LogP contribution in [0.15, 0.2) is 24.4 Å². The van der Waals surface area contributed by atoms with E-state index in [4.69, 9.17) is 11.6 Å². The molecule has 0 bridgehead atoms. The summed E-state index contributed by atoms with van der Waals surface area (Å²) < 4.78 is 2.08. The van der Waals surface area contributed by atoms with Crippen LogP contribution in [0.2, 0.25) is 5.02 Å². The maximum atomic E-state index is 11.8. The molecule has 3 nitrogen and oxygen atoms in total. The Kier molecular flexibility index (Phi) is 1.76. The molecule has 0 radical (unpaired) electrons. The van der Waals surface area contributed by atoms with Crippen LogP contribution in [0.1, 0.15) is 10.4 Å². The Morgan fingerprint density at radius 2 is 2.27 bits per heavy atom. The van der Waals surface area contributed by atoms with Crippen molar-refractivity contribution in [3.05, 3.63) is 35.0 Å². The molecular formula is C11H9ClN2O. The van der Waals surface area contributed by atoms with Gasteiger partial charge in [-0.1, -0.05) is 11.6 Å². The molecule has 0 aliphatic carbocycles. The third kappa shape index (κ3) is 1.23. The Hall–Kier alpha value is -1.48. The summed E-state index contributed by atoms with van der Waals surface area (Å²) in [4.78, 5) is 11.8. The quantitative estimate of drug-likeness (QED) is 0.724. The van der Waals surface area contributed by atoms with E-state index < -0.39 is 0 Å². The molecule has 2 heterocycles. The van der Waals surface area contributed by atoms with Gasteiger partial charge in [0, 0.05) is 29.7 Å². The second-order valence-electron chi connectivity index (χ2n) is 3.66. The molecule has 0 saturated heterocycles. The van der Waals surface area contributed by atoms with Crippen molar-refractivity contribution >= 4 is 28.4 Å². The van der Waals surface area contributed by atoms with E-state index in [1.807, 2.05) is 18.3 Å². The second-order valence-corrected chi connectivity index (χ2v) is 4.09. The normalized spacial score (nSPS) is 15.1.